The van der Waals surface area contributed by atoms with Gasteiger partial charge in [-0.3, -0.25) is 0 Å². The molecule has 1 aromatic carbocycles. The molecule has 0 aliphatic rings. The smallest absolute Gasteiger partial charge is 0.0190 e. The first-order chi connectivity index (χ1) is 7.09. The first kappa shape index (κ1) is 12.0. The summed E-state index contributed by atoms with van der Waals surface area (Å²) >= 11 is 0. The summed E-state index contributed by atoms with van der Waals surface area (Å²) in [6.45, 7) is 10.5. The highest BCUT2D eigenvalue weighted by Crippen LogP contribution is 2.22. The van der Waals surface area contributed by atoms with Crippen LogP contribution in [0.4, 0.5) is 0 Å². The minimum atomic E-state index is 0.671. The maximum absolute atomic E-state index is 3.94. The van der Waals surface area contributed by atoms with Gasteiger partial charge in [0.1, 0.15) is 0 Å². The van der Waals surface area contributed by atoms with Crippen LogP contribution in [-0.4, -0.2) is 0 Å². The van der Waals surface area contributed by atoms with Crippen molar-refractivity contribution in [2.75, 3.05) is 0 Å². The highest BCUT2D eigenvalue weighted by Gasteiger charge is 2.04. The molecule has 0 unspecified atom stereocenters. The highest BCUT2D eigenvalue weighted by atomic mass is 14.1. The highest BCUT2D eigenvalue weighted by molar-refractivity contribution is 5.23. The maximum atomic E-state index is 3.94. The molecular formula is C15H22. The van der Waals surface area contributed by atoms with Gasteiger partial charge in [-0.1, -0.05) is 42.3 Å². The molecule has 1 rings (SSSR count). The molecule has 1 aromatic rings. The number of rotatable bonds is 5. The van der Waals surface area contributed by atoms with Crippen molar-refractivity contribution in [3.63, 3.8) is 0 Å². The van der Waals surface area contributed by atoms with Gasteiger partial charge in [0.2, 0.25) is 0 Å². The molecule has 0 radical (unpaired) electrons. The van der Waals surface area contributed by atoms with Crippen LogP contribution in [0.5, 0.6) is 0 Å². The van der Waals surface area contributed by atoms with Crippen molar-refractivity contribution in [1.29, 1.82) is 0 Å². The van der Waals surface area contributed by atoms with Gasteiger partial charge in [0.15, 0.2) is 0 Å². The van der Waals surface area contributed by atoms with Crippen molar-refractivity contribution in [3.8, 4) is 0 Å². The van der Waals surface area contributed by atoms with E-state index in [9.17, 15) is 0 Å². The molecule has 1 atom stereocenters. The topological polar surface area (TPSA) is 0 Å². The SMILES string of the molecule is C=C(C)CCC[C@@H](C)c1ccc(C)cc1. The Morgan fingerprint density at radius 3 is 2.40 bits per heavy atom. The lowest BCUT2D eigenvalue weighted by molar-refractivity contribution is 0.632. The average Bonchev–Trinajstić information content (AvgIpc) is 2.18. The van der Waals surface area contributed by atoms with E-state index in [0.717, 1.165) is 6.42 Å². The van der Waals surface area contributed by atoms with Gasteiger partial charge >= 0.3 is 0 Å². The molecular weight excluding hydrogens is 180 g/mol. The minimum absolute atomic E-state index is 0.671. The molecule has 0 saturated heterocycles. The van der Waals surface area contributed by atoms with E-state index in [4.69, 9.17) is 0 Å². The van der Waals surface area contributed by atoms with Gasteiger partial charge in [0.05, 0.1) is 0 Å². The Bertz CT molecular complexity index is 305. The quantitative estimate of drug-likeness (QED) is 0.599. The van der Waals surface area contributed by atoms with Gasteiger partial charge in [-0.25, -0.2) is 0 Å². The number of hydrogen-bond acceptors (Lipinski definition) is 0. The van der Waals surface area contributed by atoms with Crippen molar-refractivity contribution in [2.45, 2.75) is 46.0 Å². The van der Waals surface area contributed by atoms with Crippen LogP contribution in [0.2, 0.25) is 0 Å². The predicted molar refractivity (Wildman–Crippen MR) is 68.3 cm³/mol. The Kier molecular flexibility index (Phi) is 4.61. The summed E-state index contributed by atoms with van der Waals surface area (Å²) in [5.74, 6) is 0.671. The van der Waals surface area contributed by atoms with E-state index >= 15 is 0 Å². The summed E-state index contributed by atoms with van der Waals surface area (Å²) in [6.07, 6.45) is 3.68. The molecule has 0 aliphatic heterocycles. The number of hydrogen-bond donors (Lipinski definition) is 0. The predicted octanol–water partition coefficient (Wildman–Crippen LogP) is 4.84. The van der Waals surface area contributed by atoms with Gasteiger partial charge in [-0.2, -0.15) is 0 Å². The lowest BCUT2D eigenvalue weighted by atomic mass is 9.94. The standard InChI is InChI=1S/C15H22/c1-12(2)6-5-7-14(4)15-10-8-13(3)9-11-15/h8-11,14H,1,5-7H2,2-4H3/t14-/m1/s1. The zero-order chi connectivity index (χ0) is 11.3. The van der Waals surface area contributed by atoms with E-state index in [1.165, 1.54) is 29.5 Å². The molecule has 0 heteroatoms. The van der Waals surface area contributed by atoms with E-state index in [1.54, 1.807) is 0 Å². The van der Waals surface area contributed by atoms with Gasteiger partial charge in [0.25, 0.3) is 0 Å². The van der Waals surface area contributed by atoms with Crippen LogP contribution in [0.3, 0.4) is 0 Å². The molecule has 82 valence electrons. The van der Waals surface area contributed by atoms with Gasteiger partial charge in [-0.15, -0.1) is 6.58 Å². The summed E-state index contributed by atoms with van der Waals surface area (Å²) in [7, 11) is 0. The van der Waals surface area contributed by atoms with Gasteiger partial charge in [0, 0.05) is 0 Å². The molecule has 0 nitrogen and oxygen atoms in total. The molecule has 0 saturated carbocycles. The van der Waals surface area contributed by atoms with Crippen molar-refractivity contribution in [2.24, 2.45) is 0 Å². The second-order valence-electron chi connectivity index (χ2n) is 4.66. The fraction of sp³-hybridized carbons (Fsp3) is 0.467. The van der Waals surface area contributed by atoms with Crippen LogP contribution in [0.15, 0.2) is 36.4 Å². The van der Waals surface area contributed by atoms with Crippen LogP contribution >= 0.6 is 0 Å². The fourth-order valence-electron chi connectivity index (χ4n) is 1.77. The molecule has 0 aromatic heterocycles. The third-order valence-corrected chi connectivity index (χ3v) is 2.89. The molecule has 0 fully saturated rings. The zero-order valence-electron chi connectivity index (χ0n) is 10.2. The molecule has 0 bridgehead atoms. The largest absolute Gasteiger partial charge is 0.100 e. The van der Waals surface area contributed by atoms with Gasteiger partial charge in [-0.05, 0) is 44.6 Å². The normalized spacial score (nSPS) is 12.5. The number of aryl methyl sites for hydroxylation is 1. The summed E-state index contributed by atoms with van der Waals surface area (Å²) in [5.41, 5.74) is 4.10. The van der Waals surface area contributed by atoms with Gasteiger partial charge < -0.3 is 0 Å². The Morgan fingerprint density at radius 1 is 1.27 bits per heavy atom. The van der Waals surface area contributed by atoms with Crippen LogP contribution in [0.1, 0.15) is 50.2 Å². The van der Waals surface area contributed by atoms with Crippen molar-refractivity contribution in [3.05, 3.63) is 47.5 Å². The van der Waals surface area contributed by atoms with Crippen LogP contribution < -0.4 is 0 Å². The first-order valence-electron chi connectivity index (χ1n) is 5.80. The van der Waals surface area contributed by atoms with E-state index < -0.39 is 0 Å². The third-order valence-electron chi connectivity index (χ3n) is 2.89. The second kappa shape index (κ2) is 5.75. The molecule has 0 heterocycles. The Morgan fingerprint density at radius 2 is 1.87 bits per heavy atom. The average molecular weight is 202 g/mol. The van der Waals surface area contributed by atoms with Crippen LogP contribution in [-0.2, 0) is 0 Å². The van der Waals surface area contributed by atoms with E-state index in [1.807, 2.05) is 0 Å². The summed E-state index contributed by atoms with van der Waals surface area (Å²) in [5, 5.41) is 0. The molecule has 0 N–H and O–H groups in total. The molecule has 15 heavy (non-hydrogen) atoms. The lowest BCUT2D eigenvalue weighted by Crippen LogP contribution is -1.93. The van der Waals surface area contributed by atoms with Crippen molar-refractivity contribution < 1.29 is 0 Å². The number of allylic oxidation sites excluding steroid dienone is 1. The summed E-state index contributed by atoms with van der Waals surface area (Å²) in [6, 6.07) is 8.90. The maximum Gasteiger partial charge on any atom is -0.0190 e. The number of benzene rings is 1. The Hall–Kier alpha value is -1.04. The Labute approximate surface area is 94.0 Å². The van der Waals surface area contributed by atoms with Crippen molar-refractivity contribution in [1.82, 2.24) is 0 Å². The summed E-state index contributed by atoms with van der Waals surface area (Å²) in [4.78, 5) is 0. The molecule has 0 amide bonds. The van der Waals surface area contributed by atoms with Crippen LogP contribution in [0, 0.1) is 6.92 Å². The summed E-state index contributed by atoms with van der Waals surface area (Å²) < 4.78 is 0. The molecule has 0 spiro atoms. The monoisotopic (exact) mass is 202 g/mol. The third kappa shape index (κ3) is 4.33. The van der Waals surface area contributed by atoms with Crippen LogP contribution in [0.25, 0.3) is 0 Å². The Balaban J connectivity index is 2.43. The fourth-order valence-corrected chi connectivity index (χ4v) is 1.77. The first-order valence-corrected chi connectivity index (χ1v) is 5.80. The van der Waals surface area contributed by atoms with E-state index in [2.05, 4.69) is 51.6 Å². The van der Waals surface area contributed by atoms with Crippen molar-refractivity contribution >= 4 is 0 Å². The molecule has 0 aliphatic carbocycles. The second-order valence-corrected chi connectivity index (χ2v) is 4.66. The van der Waals surface area contributed by atoms with E-state index in [-0.39, 0.29) is 0 Å². The van der Waals surface area contributed by atoms with E-state index in [0.29, 0.717) is 5.92 Å². The lowest BCUT2D eigenvalue weighted by Gasteiger charge is -2.11. The zero-order valence-corrected chi connectivity index (χ0v) is 10.2. The minimum Gasteiger partial charge on any atom is -0.100 e.